The van der Waals surface area contributed by atoms with E-state index >= 15 is 0 Å². The number of nitrogens with zero attached hydrogens (tertiary/aromatic N) is 2. The fourth-order valence-electron chi connectivity index (χ4n) is 5.18. The van der Waals surface area contributed by atoms with E-state index in [2.05, 4.69) is 10.3 Å². The fourth-order valence-corrected chi connectivity index (χ4v) is 6.70. The second-order valence-electron chi connectivity index (χ2n) is 9.50. The van der Waals surface area contributed by atoms with Gasteiger partial charge in [-0.15, -0.1) is 0 Å². The first-order valence-electron chi connectivity index (χ1n) is 12.2. The van der Waals surface area contributed by atoms with Crippen molar-refractivity contribution in [1.82, 2.24) is 19.5 Å². The Hall–Kier alpha value is -1.87. The summed E-state index contributed by atoms with van der Waals surface area (Å²) in [5.41, 5.74) is 0.310. The number of carbonyl (C=O) groups excluding carboxylic acids is 2. The SMILES string of the molecule is O=C(NC1CCCCCC1)C1CCCN(S(=O)(=O)c2c[nH]c(C(=O)N3CCCCC3)c2)C1. The lowest BCUT2D eigenvalue weighted by Gasteiger charge is -2.32. The van der Waals surface area contributed by atoms with Gasteiger partial charge in [-0.1, -0.05) is 25.7 Å². The highest BCUT2D eigenvalue weighted by Gasteiger charge is 2.35. The molecule has 9 heteroatoms. The minimum atomic E-state index is -3.76. The molecule has 2 aliphatic heterocycles. The van der Waals surface area contributed by atoms with Crippen LogP contribution in [0.25, 0.3) is 0 Å². The van der Waals surface area contributed by atoms with Gasteiger partial charge in [-0.05, 0) is 51.0 Å². The Labute approximate surface area is 191 Å². The largest absolute Gasteiger partial charge is 0.356 e. The van der Waals surface area contributed by atoms with Crippen LogP contribution < -0.4 is 5.32 Å². The summed E-state index contributed by atoms with van der Waals surface area (Å²) in [5, 5.41) is 3.18. The summed E-state index contributed by atoms with van der Waals surface area (Å²) >= 11 is 0. The molecule has 1 aromatic heterocycles. The van der Waals surface area contributed by atoms with Gasteiger partial charge in [0.1, 0.15) is 10.6 Å². The zero-order valence-corrected chi connectivity index (χ0v) is 19.7. The Bertz CT molecular complexity index is 899. The van der Waals surface area contributed by atoms with Crippen molar-refractivity contribution >= 4 is 21.8 Å². The summed E-state index contributed by atoms with van der Waals surface area (Å²) in [7, 11) is -3.76. The van der Waals surface area contributed by atoms with E-state index in [4.69, 9.17) is 0 Å². The van der Waals surface area contributed by atoms with Crippen molar-refractivity contribution in [1.29, 1.82) is 0 Å². The molecule has 0 bridgehead atoms. The molecule has 4 rings (SSSR count). The van der Waals surface area contributed by atoms with Gasteiger partial charge in [0.2, 0.25) is 15.9 Å². The molecule has 8 nitrogen and oxygen atoms in total. The normalized spacial score (nSPS) is 24.1. The van der Waals surface area contributed by atoms with E-state index in [-0.39, 0.29) is 35.2 Å². The highest BCUT2D eigenvalue weighted by atomic mass is 32.2. The first-order valence-corrected chi connectivity index (χ1v) is 13.7. The molecule has 1 unspecified atom stereocenters. The van der Waals surface area contributed by atoms with Crippen molar-refractivity contribution in [3.8, 4) is 0 Å². The number of nitrogens with one attached hydrogen (secondary N) is 2. The molecule has 3 aliphatic rings. The van der Waals surface area contributed by atoms with Crippen LogP contribution in [0, 0.1) is 5.92 Å². The summed E-state index contributed by atoms with van der Waals surface area (Å²) in [6.45, 7) is 2.02. The lowest BCUT2D eigenvalue weighted by atomic mass is 9.97. The third-order valence-electron chi connectivity index (χ3n) is 7.12. The van der Waals surface area contributed by atoms with Gasteiger partial charge in [0.25, 0.3) is 5.91 Å². The Kier molecular flexibility index (Phi) is 7.55. The molecule has 1 atom stereocenters. The molecular formula is C23H36N4O4S. The number of likely N-dealkylation sites (tertiary alicyclic amines) is 1. The number of piperidine rings is 2. The van der Waals surface area contributed by atoms with Gasteiger partial charge in [-0.25, -0.2) is 8.42 Å². The summed E-state index contributed by atoms with van der Waals surface area (Å²) in [4.78, 5) is 30.3. The molecule has 0 spiro atoms. The molecular weight excluding hydrogens is 428 g/mol. The monoisotopic (exact) mass is 464 g/mol. The molecule has 2 amide bonds. The van der Waals surface area contributed by atoms with E-state index in [0.717, 1.165) is 44.9 Å². The third kappa shape index (κ3) is 5.36. The minimum absolute atomic E-state index is 0.0215. The van der Waals surface area contributed by atoms with Gasteiger partial charge in [-0.2, -0.15) is 4.31 Å². The lowest BCUT2D eigenvalue weighted by molar-refractivity contribution is -0.126. The van der Waals surface area contributed by atoms with E-state index in [1.165, 1.54) is 29.4 Å². The topological polar surface area (TPSA) is 103 Å². The summed E-state index contributed by atoms with van der Waals surface area (Å²) < 4.78 is 27.9. The molecule has 2 saturated heterocycles. The number of aromatic amines is 1. The van der Waals surface area contributed by atoms with Crippen LogP contribution in [0.4, 0.5) is 0 Å². The van der Waals surface area contributed by atoms with E-state index < -0.39 is 10.0 Å². The molecule has 178 valence electrons. The number of hydrogen-bond donors (Lipinski definition) is 2. The maximum absolute atomic E-state index is 13.3. The molecule has 3 fully saturated rings. The minimum Gasteiger partial charge on any atom is -0.356 e. The van der Waals surface area contributed by atoms with Crippen LogP contribution in [0.1, 0.15) is 81.1 Å². The summed E-state index contributed by atoms with van der Waals surface area (Å²) in [6.07, 6.45) is 12.6. The highest BCUT2D eigenvalue weighted by Crippen LogP contribution is 2.26. The van der Waals surface area contributed by atoms with Crippen LogP contribution in [-0.2, 0) is 14.8 Å². The van der Waals surface area contributed by atoms with Gasteiger partial charge in [0.15, 0.2) is 0 Å². The Morgan fingerprint density at radius 1 is 0.906 bits per heavy atom. The molecule has 2 N–H and O–H groups in total. The van der Waals surface area contributed by atoms with E-state index in [0.29, 0.717) is 38.2 Å². The van der Waals surface area contributed by atoms with Crippen LogP contribution in [0.2, 0.25) is 0 Å². The fraction of sp³-hybridized carbons (Fsp3) is 0.739. The van der Waals surface area contributed by atoms with Crippen molar-refractivity contribution in [2.75, 3.05) is 26.2 Å². The van der Waals surface area contributed by atoms with E-state index in [1.54, 1.807) is 4.90 Å². The lowest BCUT2D eigenvalue weighted by Crippen LogP contribution is -2.47. The molecule has 0 aromatic carbocycles. The molecule has 0 radical (unpaired) electrons. The maximum Gasteiger partial charge on any atom is 0.270 e. The number of rotatable bonds is 5. The van der Waals surface area contributed by atoms with Crippen LogP contribution in [-0.4, -0.2) is 66.6 Å². The van der Waals surface area contributed by atoms with Crippen LogP contribution in [0.5, 0.6) is 0 Å². The quantitative estimate of drug-likeness (QED) is 0.654. The molecule has 3 heterocycles. The number of hydrogen-bond acceptors (Lipinski definition) is 4. The van der Waals surface area contributed by atoms with Crippen LogP contribution in [0.15, 0.2) is 17.2 Å². The first kappa shape index (κ1) is 23.3. The van der Waals surface area contributed by atoms with Gasteiger partial charge in [-0.3, -0.25) is 9.59 Å². The number of aromatic nitrogens is 1. The summed E-state index contributed by atoms with van der Waals surface area (Å²) in [6, 6.07) is 1.66. The zero-order valence-electron chi connectivity index (χ0n) is 18.9. The Morgan fingerprint density at radius 3 is 2.31 bits per heavy atom. The van der Waals surface area contributed by atoms with Gasteiger partial charge in [0, 0.05) is 38.4 Å². The van der Waals surface area contributed by atoms with E-state index in [9.17, 15) is 18.0 Å². The highest BCUT2D eigenvalue weighted by molar-refractivity contribution is 7.89. The van der Waals surface area contributed by atoms with Crippen molar-refractivity contribution in [2.45, 2.75) is 81.6 Å². The van der Waals surface area contributed by atoms with Crippen molar-refractivity contribution in [3.05, 3.63) is 18.0 Å². The van der Waals surface area contributed by atoms with E-state index in [1.807, 2.05) is 0 Å². The van der Waals surface area contributed by atoms with Crippen molar-refractivity contribution < 1.29 is 18.0 Å². The maximum atomic E-state index is 13.3. The Balaban J connectivity index is 1.39. The second kappa shape index (κ2) is 10.4. The predicted molar refractivity (Wildman–Crippen MR) is 122 cm³/mol. The zero-order chi connectivity index (χ0) is 22.6. The molecule has 1 aliphatic carbocycles. The van der Waals surface area contributed by atoms with Crippen LogP contribution in [0.3, 0.4) is 0 Å². The first-order chi connectivity index (χ1) is 15.4. The van der Waals surface area contributed by atoms with Gasteiger partial charge < -0.3 is 15.2 Å². The second-order valence-corrected chi connectivity index (χ2v) is 11.4. The number of H-pyrrole nitrogens is 1. The average molecular weight is 465 g/mol. The van der Waals surface area contributed by atoms with Crippen molar-refractivity contribution in [3.63, 3.8) is 0 Å². The van der Waals surface area contributed by atoms with Gasteiger partial charge in [0.05, 0.1) is 5.92 Å². The summed E-state index contributed by atoms with van der Waals surface area (Å²) in [5.74, 6) is -0.493. The standard InChI is InChI=1S/C23H36N4O4S/c28-22(25-19-10-4-1-2-5-11-19)18-9-8-14-27(17-18)32(30,31)20-15-21(24-16-20)23(29)26-12-6-3-7-13-26/h15-16,18-19,24H,1-14,17H2,(H,25,28). The number of sulfonamides is 1. The molecule has 1 saturated carbocycles. The van der Waals surface area contributed by atoms with Gasteiger partial charge >= 0.3 is 0 Å². The molecule has 1 aromatic rings. The molecule has 32 heavy (non-hydrogen) atoms. The van der Waals surface area contributed by atoms with Crippen LogP contribution >= 0.6 is 0 Å². The predicted octanol–water partition coefficient (Wildman–Crippen LogP) is 2.88. The smallest absolute Gasteiger partial charge is 0.270 e. The Morgan fingerprint density at radius 2 is 1.59 bits per heavy atom. The van der Waals surface area contributed by atoms with Crippen molar-refractivity contribution in [2.24, 2.45) is 5.92 Å². The third-order valence-corrected chi connectivity index (χ3v) is 8.97. The average Bonchev–Trinajstić information content (AvgIpc) is 3.19. The number of carbonyl (C=O) groups is 2. The number of amides is 2.